The number of carbonyl (C=O) groups excluding carboxylic acids is 1. The lowest BCUT2D eigenvalue weighted by Crippen LogP contribution is -2.59. The standard InChI is InChI=1S/C12H17NO7/c1-5(15)6-2-8(13-3-6)20-12-11(18)10(17)9(16)7(4-14)19-12/h3,7,9-12,14,16-18H,2,4H2,1H3. The van der Waals surface area contributed by atoms with Crippen LogP contribution in [0.1, 0.15) is 13.3 Å². The molecule has 2 aliphatic heterocycles. The molecule has 2 heterocycles. The van der Waals surface area contributed by atoms with E-state index < -0.39 is 37.3 Å². The molecule has 0 spiro atoms. The van der Waals surface area contributed by atoms with Crippen molar-refractivity contribution in [2.24, 2.45) is 4.99 Å². The first-order valence-corrected chi connectivity index (χ1v) is 6.18. The topological polar surface area (TPSA) is 129 Å². The lowest BCUT2D eigenvalue weighted by molar-refractivity contribution is -0.281. The summed E-state index contributed by atoms with van der Waals surface area (Å²) in [5.74, 6) is 0.0284. The van der Waals surface area contributed by atoms with Gasteiger partial charge >= 0.3 is 0 Å². The highest BCUT2D eigenvalue weighted by atomic mass is 16.7. The van der Waals surface area contributed by atoms with Crippen LogP contribution in [-0.2, 0) is 14.3 Å². The van der Waals surface area contributed by atoms with E-state index in [9.17, 15) is 20.1 Å². The smallest absolute Gasteiger partial charge is 0.230 e. The van der Waals surface area contributed by atoms with Crippen LogP contribution >= 0.6 is 0 Å². The van der Waals surface area contributed by atoms with Crippen molar-refractivity contribution in [3.05, 3.63) is 11.8 Å². The van der Waals surface area contributed by atoms with Crippen LogP contribution in [0.5, 0.6) is 0 Å². The number of nitrogens with zero attached hydrogens (tertiary/aromatic N) is 1. The van der Waals surface area contributed by atoms with E-state index in [-0.39, 0.29) is 18.1 Å². The number of ether oxygens (including phenoxy) is 2. The van der Waals surface area contributed by atoms with Gasteiger partial charge in [0.2, 0.25) is 6.29 Å². The van der Waals surface area contributed by atoms with Crippen LogP contribution in [0.2, 0.25) is 0 Å². The minimum Gasteiger partial charge on any atom is -0.448 e. The molecule has 1 saturated heterocycles. The summed E-state index contributed by atoms with van der Waals surface area (Å²) in [6.07, 6.45) is -5.22. The van der Waals surface area contributed by atoms with E-state index in [1.54, 1.807) is 0 Å². The molecule has 1 fully saturated rings. The number of rotatable bonds is 3. The molecule has 0 aliphatic carbocycles. The van der Waals surface area contributed by atoms with Crippen LogP contribution in [0.15, 0.2) is 16.8 Å². The predicted octanol–water partition coefficient (Wildman–Crippen LogP) is -1.92. The first-order chi connectivity index (χ1) is 9.43. The molecule has 2 rings (SSSR count). The highest BCUT2D eigenvalue weighted by Crippen LogP contribution is 2.24. The van der Waals surface area contributed by atoms with Crippen molar-refractivity contribution in [2.75, 3.05) is 6.61 Å². The van der Waals surface area contributed by atoms with E-state index in [1.807, 2.05) is 0 Å². The SMILES string of the molecule is CC(=O)C1=CN=C(OC2OC(CO)C(O)C(O)C2O)C1. The van der Waals surface area contributed by atoms with Crippen molar-refractivity contribution in [2.45, 2.75) is 44.1 Å². The highest BCUT2D eigenvalue weighted by molar-refractivity contribution is 6.00. The molecule has 5 unspecified atom stereocenters. The maximum atomic E-state index is 11.2. The summed E-state index contributed by atoms with van der Waals surface area (Å²) < 4.78 is 10.5. The second-order valence-electron chi connectivity index (χ2n) is 4.73. The number of Topliss-reactive ketones (excluding diaryl/α,β-unsaturated/α-hetero) is 1. The minimum atomic E-state index is -1.51. The molecular weight excluding hydrogens is 270 g/mol. The zero-order chi connectivity index (χ0) is 14.9. The van der Waals surface area contributed by atoms with Gasteiger partial charge in [-0.3, -0.25) is 4.79 Å². The second kappa shape index (κ2) is 5.98. The van der Waals surface area contributed by atoms with Gasteiger partial charge in [-0.25, -0.2) is 4.99 Å². The van der Waals surface area contributed by atoms with E-state index in [4.69, 9.17) is 14.6 Å². The minimum absolute atomic E-state index is 0.138. The quantitative estimate of drug-likeness (QED) is 0.476. The number of aliphatic hydroxyl groups excluding tert-OH is 4. The van der Waals surface area contributed by atoms with E-state index in [0.717, 1.165) is 0 Å². The second-order valence-corrected chi connectivity index (χ2v) is 4.73. The van der Waals surface area contributed by atoms with Crippen LogP contribution in [-0.4, -0.2) is 69.4 Å². The van der Waals surface area contributed by atoms with Gasteiger partial charge in [-0.2, -0.15) is 0 Å². The van der Waals surface area contributed by atoms with Crippen molar-refractivity contribution >= 4 is 11.7 Å². The Kier molecular flexibility index (Phi) is 4.51. The van der Waals surface area contributed by atoms with Crippen molar-refractivity contribution in [1.82, 2.24) is 0 Å². The number of carbonyl (C=O) groups is 1. The molecule has 0 bridgehead atoms. The zero-order valence-corrected chi connectivity index (χ0v) is 10.8. The van der Waals surface area contributed by atoms with E-state index >= 15 is 0 Å². The largest absolute Gasteiger partial charge is 0.448 e. The van der Waals surface area contributed by atoms with Gasteiger partial charge in [-0.15, -0.1) is 0 Å². The molecule has 20 heavy (non-hydrogen) atoms. The Bertz CT molecular complexity index is 445. The molecule has 112 valence electrons. The van der Waals surface area contributed by atoms with E-state index in [2.05, 4.69) is 4.99 Å². The normalized spacial score (nSPS) is 37.4. The van der Waals surface area contributed by atoms with Gasteiger partial charge in [0.05, 0.1) is 13.0 Å². The van der Waals surface area contributed by atoms with Crippen LogP contribution in [0.3, 0.4) is 0 Å². The summed E-state index contributed by atoms with van der Waals surface area (Å²) in [6.45, 7) is 0.867. The summed E-state index contributed by atoms with van der Waals surface area (Å²) in [5.41, 5.74) is 0.463. The summed E-state index contributed by atoms with van der Waals surface area (Å²) in [6, 6.07) is 0. The fourth-order valence-electron chi connectivity index (χ4n) is 1.99. The Morgan fingerprint density at radius 1 is 1.40 bits per heavy atom. The van der Waals surface area contributed by atoms with Gasteiger partial charge in [0.15, 0.2) is 11.7 Å². The number of hydrogen-bond acceptors (Lipinski definition) is 8. The average molecular weight is 287 g/mol. The number of aliphatic hydroxyl groups is 4. The zero-order valence-electron chi connectivity index (χ0n) is 10.8. The highest BCUT2D eigenvalue weighted by Gasteiger charge is 2.45. The summed E-state index contributed by atoms with van der Waals surface area (Å²) >= 11 is 0. The van der Waals surface area contributed by atoms with Gasteiger partial charge in [-0.05, 0) is 6.92 Å². The predicted molar refractivity (Wildman–Crippen MR) is 65.7 cm³/mol. The first-order valence-electron chi connectivity index (χ1n) is 6.18. The Morgan fingerprint density at radius 2 is 2.10 bits per heavy atom. The Hall–Kier alpha value is -1.32. The van der Waals surface area contributed by atoms with Crippen molar-refractivity contribution < 1.29 is 34.7 Å². The molecular formula is C12H17NO7. The van der Waals surface area contributed by atoms with Crippen molar-refractivity contribution in [3.8, 4) is 0 Å². The monoisotopic (exact) mass is 287 g/mol. The fourth-order valence-corrected chi connectivity index (χ4v) is 1.99. The van der Waals surface area contributed by atoms with Crippen LogP contribution in [0.4, 0.5) is 0 Å². The van der Waals surface area contributed by atoms with Gasteiger partial charge < -0.3 is 29.9 Å². The van der Waals surface area contributed by atoms with Gasteiger partial charge in [0, 0.05) is 11.8 Å². The molecule has 8 heteroatoms. The first kappa shape index (κ1) is 15.1. The number of hydrogen-bond donors (Lipinski definition) is 4. The Balaban J connectivity index is 1.98. The number of aliphatic imine (C=N–C) groups is 1. The maximum absolute atomic E-state index is 11.2. The van der Waals surface area contributed by atoms with Gasteiger partial charge in [0.1, 0.15) is 24.4 Å². The fraction of sp³-hybridized carbons (Fsp3) is 0.667. The van der Waals surface area contributed by atoms with E-state index in [0.29, 0.717) is 5.57 Å². The Labute approximate surface area is 115 Å². The van der Waals surface area contributed by atoms with E-state index in [1.165, 1.54) is 13.1 Å². The summed E-state index contributed by atoms with van der Waals surface area (Å²) in [4.78, 5) is 15.0. The van der Waals surface area contributed by atoms with Crippen LogP contribution < -0.4 is 0 Å². The van der Waals surface area contributed by atoms with Crippen molar-refractivity contribution in [3.63, 3.8) is 0 Å². The molecule has 5 atom stereocenters. The van der Waals surface area contributed by atoms with Crippen molar-refractivity contribution in [1.29, 1.82) is 0 Å². The summed E-state index contributed by atoms with van der Waals surface area (Å²) in [7, 11) is 0. The summed E-state index contributed by atoms with van der Waals surface area (Å²) in [5, 5.41) is 38.0. The number of ketones is 1. The molecule has 2 aliphatic rings. The molecule has 8 nitrogen and oxygen atoms in total. The lowest BCUT2D eigenvalue weighted by atomic mass is 9.99. The van der Waals surface area contributed by atoms with Crippen LogP contribution in [0, 0.1) is 0 Å². The molecule has 0 aromatic carbocycles. The van der Waals surface area contributed by atoms with Crippen LogP contribution in [0.25, 0.3) is 0 Å². The lowest BCUT2D eigenvalue weighted by Gasteiger charge is -2.39. The van der Waals surface area contributed by atoms with Gasteiger partial charge in [0.25, 0.3) is 0 Å². The van der Waals surface area contributed by atoms with Gasteiger partial charge in [-0.1, -0.05) is 0 Å². The molecule has 0 aromatic rings. The average Bonchev–Trinajstić information content (AvgIpc) is 2.88. The molecule has 0 aromatic heterocycles. The third kappa shape index (κ3) is 2.89. The molecule has 0 saturated carbocycles. The third-order valence-electron chi connectivity index (χ3n) is 3.26. The Morgan fingerprint density at radius 3 is 2.65 bits per heavy atom. The maximum Gasteiger partial charge on any atom is 0.230 e. The molecule has 0 amide bonds. The third-order valence-corrected chi connectivity index (χ3v) is 3.26. The molecule has 0 radical (unpaired) electrons. The molecule has 4 N–H and O–H groups in total.